The van der Waals surface area contributed by atoms with Gasteiger partial charge in [-0.1, -0.05) is 12.1 Å². The maximum Gasteiger partial charge on any atom is 0.285 e. The number of hydrogen-bond donors (Lipinski definition) is 2. The molecule has 3 rings (SSSR count). The first-order valence-electron chi connectivity index (χ1n) is 8.67. The van der Waals surface area contributed by atoms with Crippen molar-refractivity contribution in [2.45, 2.75) is 4.90 Å². The lowest BCUT2D eigenvalue weighted by Crippen LogP contribution is -2.18. The lowest BCUT2D eigenvalue weighted by molar-refractivity contribution is 0.102. The van der Waals surface area contributed by atoms with E-state index in [2.05, 4.69) is 10.6 Å². The van der Waals surface area contributed by atoms with Gasteiger partial charge in [-0.15, -0.1) is 0 Å². The first kappa shape index (κ1) is 20.6. The van der Waals surface area contributed by atoms with Crippen LogP contribution in [0.3, 0.4) is 0 Å². The van der Waals surface area contributed by atoms with Crippen LogP contribution in [-0.2, 0) is 0 Å². The number of rotatable bonds is 5. The molecule has 0 aliphatic rings. The van der Waals surface area contributed by atoms with E-state index in [-0.39, 0.29) is 17.1 Å². The molecule has 29 heavy (non-hydrogen) atoms. The number of carbonyl (C=O) groups is 3. The summed E-state index contributed by atoms with van der Waals surface area (Å²) in [6.07, 6.45) is 0. The summed E-state index contributed by atoms with van der Waals surface area (Å²) in [5, 5.41) is 9.10. The number of thiophene rings is 1. The Morgan fingerprint density at radius 2 is 1.62 bits per heavy atom. The Labute approximate surface area is 176 Å². The quantitative estimate of drug-likeness (QED) is 0.562. The molecule has 8 heteroatoms. The van der Waals surface area contributed by atoms with Crippen LogP contribution in [0.1, 0.15) is 20.7 Å². The van der Waals surface area contributed by atoms with E-state index in [1.165, 1.54) is 16.2 Å². The van der Waals surface area contributed by atoms with Crippen molar-refractivity contribution >= 4 is 51.5 Å². The van der Waals surface area contributed by atoms with Crippen LogP contribution in [0.15, 0.2) is 70.3 Å². The average Bonchev–Trinajstić information content (AvgIpc) is 3.25. The van der Waals surface area contributed by atoms with Crippen molar-refractivity contribution in [3.63, 3.8) is 0 Å². The Hall–Kier alpha value is -3.10. The fourth-order valence-corrected chi connectivity index (χ4v) is 3.67. The van der Waals surface area contributed by atoms with E-state index in [0.29, 0.717) is 22.5 Å². The highest BCUT2D eigenvalue weighted by Gasteiger charge is 2.15. The summed E-state index contributed by atoms with van der Waals surface area (Å²) in [6.45, 7) is 0. The van der Waals surface area contributed by atoms with Crippen LogP contribution >= 0.6 is 23.1 Å². The fraction of sp³-hybridized carbons (Fsp3) is 0.0952. The monoisotopic (exact) mass is 425 g/mol. The van der Waals surface area contributed by atoms with E-state index in [4.69, 9.17) is 0 Å². The van der Waals surface area contributed by atoms with Gasteiger partial charge in [0.25, 0.3) is 17.1 Å². The maximum absolute atomic E-state index is 12.7. The third-order valence-electron chi connectivity index (χ3n) is 3.89. The third-order valence-corrected chi connectivity index (χ3v) is 5.62. The van der Waals surface area contributed by atoms with Crippen LogP contribution < -0.4 is 10.6 Å². The summed E-state index contributed by atoms with van der Waals surface area (Å²) in [6, 6.07) is 15.6. The zero-order valence-corrected chi connectivity index (χ0v) is 17.5. The number of nitrogens with zero attached hydrogens (tertiary/aromatic N) is 1. The van der Waals surface area contributed by atoms with Gasteiger partial charge in [-0.05, 0) is 59.6 Å². The third kappa shape index (κ3) is 5.46. The largest absolute Gasteiger partial charge is 0.339 e. The summed E-state index contributed by atoms with van der Waals surface area (Å²) in [5.74, 6) is -0.602. The molecule has 0 bridgehead atoms. The number of thioether (sulfide) groups is 1. The van der Waals surface area contributed by atoms with Crippen LogP contribution in [0.25, 0.3) is 0 Å². The Morgan fingerprint density at radius 1 is 0.897 bits per heavy atom. The molecular formula is C21H19N3O3S2. The molecule has 0 saturated heterocycles. The van der Waals surface area contributed by atoms with Gasteiger partial charge in [-0.2, -0.15) is 11.3 Å². The van der Waals surface area contributed by atoms with E-state index >= 15 is 0 Å². The van der Waals surface area contributed by atoms with E-state index in [1.54, 1.807) is 74.1 Å². The number of carbonyl (C=O) groups excluding carboxylic acids is 3. The molecule has 148 valence electrons. The van der Waals surface area contributed by atoms with Crippen molar-refractivity contribution < 1.29 is 14.4 Å². The first-order valence-corrected chi connectivity index (χ1v) is 10.4. The summed E-state index contributed by atoms with van der Waals surface area (Å²) < 4.78 is 0. The van der Waals surface area contributed by atoms with E-state index < -0.39 is 0 Å². The van der Waals surface area contributed by atoms with Gasteiger partial charge in [0.15, 0.2) is 0 Å². The van der Waals surface area contributed by atoms with Crippen LogP contribution in [-0.4, -0.2) is 36.0 Å². The predicted molar refractivity (Wildman–Crippen MR) is 118 cm³/mol. The van der Waals surface area contributed by atoms with Gasteiger partial charge in [0.2, 0.25) is 0 Å². The molecule has 0 fully saturated rings. The maximum atomic E-state index is 12.7. The molecule has 0 aliphatic carbocycles. The molecular weight excluding hydrogens is 406 g/mol. The number of benzene rings is 2. The Kier molecular flexibility index (Phi) is 6.69. The summed E-state index contributed by atoms with van der Waals surface area (Å²) in [4.78, 5) is 39.1. The zero-order valence-electron chi connectivity index (χ0n) is 15.8. The molecule has 6 nitrogen and oxygen atoms in total. The van der Waals surface area contributed by atoms with Gasteiger partial charge in [-0.25, -0.2) is 0 Å². The Morgan fingerprint density at radius 3 is 2.28 bits per heavy atom. The summed E-state index contributed by atoms with van der Waals surface area (Å²) in [5.41, 5.74) is 1.93. The van der Waals surface area contributed by atoms with E-state index in [9.17, 15) is 14.4 Å². The normalized spacial score (nSPS) is 10.3. The number of para-hydroxylation sites is 1. The molecule has 2 N–H and O–H groups in total. The van der Waals surface area contributed by atoms with Gasteiger partial charge in [-0.3, -0.25) is 14.4 Å². The lowest BCUT2D eigenvalue weighted by Gasteiger charge is -2.12. The minimum atomic E-state index is -0.337. The van der Waals surface area contributed by atoms with Crippen LogP contribution in [0, 0.1) is 0 Å². The standard InChI is InChI=1S/C21H19N3O3S2/c1-24(2)21(27)29-16-9-7-15(8-10-16)22-20(26)17-5-3-4-6-18(17)23-19(25)14-11-12-28-13-14/h3-13H,1-2H3,(H,22,26)(H,23,25). The SMILES string of the molecule is CN(C)C(=O)Sc1ccc(NC(=O)c2ccccc2NC(=O)c2ccsc2)cc1. The van der Waals surface area contributed by atoms with Crippen molar-refractivity contribution in [3.8, 4) is 0 Å². The summed E-state index contributed by atoms with van der Waals surface area (Å²) in [7, 11) is 3.39. The van der Waals surface area contributed by atoms with Gasteiger partial charge >= 0.3 is 0 Å². The summed E-state index contributed by atoms with van der Waals surface area (Å²) >= 11 is 2.54. The van der Waals surface area contributed by atoms with Gasteiger partial charge in [0.05, 0.1) is 16.8 Å². The van der Waals surface area contributed by atoms with Crippen molar-refractivity contribution in [2.24, 2.45) is 0 Å². The topological polar surface area (TPSA) is 78.5 Å². The van der Waals surface area contributed by atoms with Crippen molar-refractivity contribution in [1.82, 2.24) is 4.90 Å². The highest BCUT2D eigenvalue weighted by molar-refractivity contribution is 8.13. The van der Waals surface area contributed by atoms with Crippen molar-refractivity contribution in [3.05, 3.63) is 76.5 Å². The molecule has 1 heterocycles. The van der Waals surface area contributed by atoms with E-state index in [0.717, 1.165) is 16.7 Å². The number of hydrogen-bond acceptors (Lipinski definition) is 5. The first-order chi connectivity index (χ1) is 13.9. The second-order valence-corrected chi connectivity index (χ2v) is 8.06. The Bertz CT molecular complexity index is 1020. The second-order valence-electron chi connectivity index (χ2n) is 6.25. The van der Waals surface area contributed by atoms with E-state index in [1.807, 2.05) is 5.38 Å². The molecule has 0 unspecified atom stereocenters. The number of amides is 3. The fourth-order valence-electron chi connectivity index (χ4n) is 2.38. The minimum absolute atomic E-state index is 0.0722. The molecule has 0 radical (unpaired) electrons. The van der Waals surface area contributed by atoms with Gasteiger partial charge in [0, 0.05) is 30.1 Å². The van der Waals surface area contributed by atoms with Crippen molar-refractivity contribution in [1.29, 1.82) is 0 Å². The van der Waals surface area contributed by atoms with Gasteiger partial charge < -0.3 is 15.5 Å². The predicted octanol–water partition coefficient (Wildman–Crippen LogP) is 5.03. The minimum Gasteiger partial charge on any atom is -0.339 e. The highest BCUT2D eigenvalue weighted by atomic mass is 32.2. The van der Waals surface area contributed by atoms with Gasteiger partial charge in [0.1, 0.15) is 0 Å². The zero-order chi connectivity index (χ0) is 20.8. The number of nitrogens with one attached hydrogen (secondary N) is 2. The molecule has 3 amide bonds. The molecule has 0 spiro atoms. The average molecular weight is 426 g/mol. The van der Waals surface area contributed by atoms with Crippen LogP contribution in [0.5, 0.6) is 0 Å². The lowest BCUT2D eigenvalue weighted by atomic mass is 10.1. The molecule has 1 aromatic heterocycles. The van der Waals surface area contributed by atoms with Crippen molar-refractivity contribution in [2.75, 3.05) is 24.7 Å². The van der Waals surface area contributed by atoms with Crippen LogP contribution in [0.2, 0.25) is 0 Å². The molecule has 2 aromatic carbocycles. The number of anilines is 2. The second kappa shape index (κ2) is 9.40. The molecule has 0 saturated carbocycles. The Balaban J connectivity index is 1.69. The molecule has 3 aromatic rings. The smallest absolute Gasteiger partial charge is 0.285 e. The molecule has 0 aliphatic heterocycles. The molecule has 0 atom stereocenters. The van der Waals surface area contributed by atoms with Crippen LogP contribution in [0.4, 0.5) is 16.2 Å². The highest BCUT2D eigenvalue weighted by Crippen LogP contribution is 2.23.